The fraction of sp³-hybridized carbons (Fsp3) is 0.100. The number of anilines is 1. The molecule has 6 nitrogen and oxygen atoms in total. The van der Waals surface area contributed by atoms with Crippen molar-refractivity contribution in [1.82, 2.24) is 5.32 Å². The van der Waals surface area contributed by atoms with Crippen LogP contribution in [0.1, 0.15) is 15.9 Å². The van der Waals surface area contributed by atoms with Crippen LogP contribution in [0.3, 0.4) is 0 Å². The van der Waals surface area contributed by atoms with E-state index in [1.54, 1.807) is 12.1 Å². The molecule has 0 saturated carbocycles. The Bertz CT molecular complexity index is 1770. The molecule has 0 saturated heterocycles. The number of hydrogen-bond donors (Lipinski definition) is 1. The maximum Gasteiger partial charge on any atom is 0.255 e. The molecule has 0 fully saturated rings. The minimum absolute atomic E-state index is 0.0573. The average molecular weight is 547 g/mol. The SMILES string of the molecule is CNC(=O)c1c(-c2ccc(F)cc2)oc2cc(N(Cc3ccc(F)cc3)S(C)(=O)=O)c(-c3ccccc3)cc12. The summed E-state index contributed by atoms with van der Waals surface area (Å²) in [7, 11) is -2.33. The van der Waals surface area contributed by atoms with Crippen LogP contribution in [0.2, 0.25) is 0 Å². The van der Waals surface area contributed by atoms with Gasteiger partial charge in [-0.15, -0.1) is 0 Å². The molecule has 0 bridgehead atoms. The summed E-state index contributed by atoms with van der Waals surface area (Å²) in [6.07, 6.45) is 1.09. The van der Waals surface area contributed by atoms with Crippen LogP contribution in [0.5, 0.6) is 0 Å². The first-order valence-electron chi connectivity index (χ1n) is 12.0. The molecule has 1 N–H and O–H groups in total. The predicted molar refractivity (Wildman–Crippen MR) is 148 cm³/mol. The summed E-state index contributed by atoms with van der Waals surface area (Å²) in [6.45, 7) is -0.0573. The Morgan fingerprint density at radius 2 is 1.49 bits per heavy atom. The number of furan rings is 1. The van der Waals surface area contributed by atoms with Gasteiger partial charge in [-0.1, -0.05) is 42.5 Å². The zero-order valence-corrected chi connectivity index (χ0v) is 21.9. The van der Waals surface area contributed by atoms with Gasteiger partial charge in [0.05, 0.1) is 24.1 Å². The summed E-state index contributed by atoms with van der Waals surface area (Å²) in [6, 6.07) is 23.6. The lowest BCUT2D eigenvalue weighted by atomic mass is 9.98. The number of carbonyl (C=O) groups excluding carboxylic acids is 1. The van der Waals surface area contributed by atoms with E-state index in [0.29, 0.717) is 27.8 Å². The molecule has 39 heavy (non-hydrogen) atoms. The molecule has 0 aliphatic carbocycles. The predicted octanol–water partition coefficient (Wildman–Crippen LogP) is 6.37. The average Bonchev–Trinajstić information content (AvgIpc) is 3.30. The van der Waals surface area contributed by atoms with Gasteiger partial charge >= 0.3 is 0 Å². The second-order valence-electron chi connectivity index (χ2n) is 9.02. The van der Waals surface area contributed by atoms with E-state index in [2.05, 4.69) is 5.32 Å². The van der Waals surface area contributed by atoms with Crippen molar-refractivity contribution in [3.8, 4) is 22.5 Å². The quantitative estimate of drug-likeness (QED) is 0.257. The molecule has 0 atom stereocenters. The van der Waals surface area contributed by atoms with E-state index in [0.717, 1.165) is 11.8 Å². The summed E-state index contributed by atoms with van der Waals surface area (Å²) >= 11 is 0. The van der Waals surface area contributed by atoms with E-state index in [1.807, 2.05) is 30.3 Å². The van der Waals surface area contributed by atoms with Crippen LogP contribution in [-0.2, 0) is 16.6 Å². The Hall–Kier alpha value is -4.50. The van der Waals surface area contributed by atoms with Crippen molar-refractivity contribution in [2.75, 3.05) is 17.6 Å². The van der Waals surface area contributed by atoms with Gasteiger partial charge in [0.25, 0.3) is 5.91 Å². The Labute approximate surface area is 224 Å². The van der Waals surface area contributed by atoms with Crippen molar-refractivity contribution in [3.63, 3.8) is 0 Å². The van der Waals surface area contributed by atoms with Gasteiger partial charge in [0.15, 0.2) is 0 Å². The Morgan fingerprint density at radius 3 is 2.08 bits per heavy atom. The molecule has 5 rings (SSSR count). The maximum atomic E-state index is 13.6. The normalized spacial score (nSPS) is 11.5. The highest BCUT2D eigenvalue weighted by Crippen LogP contribution is 2.42. The number of hydrogen-bond acceptors (Lipinski definition) is 4. The first-order valence-corrected chi connectivity index (χ1v) is 13.9. The van der Waals surface area contributed by atoms with Gasteiger partial charge in [0.1, 0.15) is 23.0 Å². The van der Waals surface area contributed by atoms with Crippen LogP contribution in [0, 0.1) is 11.6 Å². The number of amides is 1. The van der Waals surface area contributed by atoms with E-state index >= 15 is 0 Å². The first kappa shape index (κ1) is 26.1. The highest BCUT2D eigenvalue weighted by atomic mass is 32.2. The van der Waals surface area contributed by atoms with Crippen molar-refractivity contribution in [2.24, 2.45) is 0 Å². The van der Waals surface area contributed by atoms with Crippen LogP contribution < -0.4 is 9.62 Å². The summed E-state index contributed by atoms with van der Waals surface area (Å²) in [4.78, 5) is 13.1. The molecule has 0 unspecified atom stereocenters. The monoisotopic (exact) mass is 546 g/mol. The second-order valence-corrected chi connectivity index (χ2v) is 10.9. The zero-order chi connectivity index (χ0) is 27.7. The van der Waals surface area contributed by atoms with Crippen LogP contribution in [0.15, 0.2) is 95.4 Å². The van der Waals surface area contributed by atoms with Gasteiger partial charge in [-0.25, -0.2) is 17.2 Å². The summed E-state index contributed by atoms with van der Waals surface area (Å²) in [5.41, 5.74) is 3.17. The Kier molecular flexibility index (Phi) is 6.93. The molecule has 4 aromatic carbocycles. The van der Waals surface area contributed by atoms with E-state index in [9.17, 15) is 22.0 Å². The van der Waals surface area contributed by atoms with E-state index < -0.39 is 27.6 Å². The largest absolute Gasteiger partial charge is 0.455 e. The van der Waals surface area contributed by atoms with Crippen molar-refractivity contribution in [2.45, 2.75) is 6.54 Å². The van der Waals surface area contributed by atoms with Gasteiger partial charge in [-0.2, -0.15) is 0 Å². The maximum absolute atomic E-state index is 13.6. The van der Waals surface area contributed by atoms with Crippen LogP contribution in [-0.4, -0.2) is 27.6 Å². The third-order valence-electron chi connectivity index (χ3n) is 6.36. The molecule has 5 aromatic rings. The highest BCUT2D eigenvalue weighted by Gasteiger charge is 2.27. The van der Waals surface area contributed by atoms with Gasteiger partial charge in [-0.05, 0) is 53.6 Å². The smallest absolute Gasteiger partial charge is 0.255 e. The van der Waals surface area contributed by atoms with Crippen molar-refractivity contribution in [3.05, 3.63) is 114 Å². The molecular weight excluding hydrogens is 522 g/mol. The first-order chi connectivity index (χ1) is 18.7. The summed E-state index contributed by atoms with van der Waals surface area (Å²) in [5, 5.41) is 3.09. The van der Waals surface area contributed by atoms with E-state index in [-0.39, 0.29) is 23.5 Å². The second kappa shape index (κ2) is 10.3. The number of sulfonamides is 1. The van der Waals surface area contributed by atoms with Crippen LogP contribution in [0.4, 0.5) is 14.5 Å². The standard InChI is InChI=1S/C30H24F2N2O4S/c1-33-30(35)28-25-16-24(20-6-4-3-5-7-20)26(17-27(25)38-29(28)21-10-14-23(32)15-11-21)34(39(2,36)37)18-19-8-12-22(31)13-9-19/h3-17H,18H2,1-2H3,(H,33,35). The molecule has 0 aliphatic heterocycles. The molecule has 1 heterocycles. The number of nitrogens with zero attached hydrogens (tertiary/aromatic N) is 1. The lowest BCUT2D eigenvalue weighted by Gasteiger charge is -2.25. The summed E-state index contributed by atoms with van der Waals surface area (Å²) in [5.74, 6) is -1.05. The third-order valence-corrected chi connectivity index (χ3v) is 7.49. The fourth-order valence-electron chi connectivity index (χ4n) is 4.48. The molecule has 9 heteroatoms. The zero-order valence-electron chi connectivity index (χ0n) is 21.1. The number of rotatable bonds is 7. The van der Waals surface area contributed by atoms with Gasteiger partial charge in [-0.3, -0.25) is 9.10 Å². The van der Waals surface area contributed by atoms with Gasteiger partial charge in [0, 0.05) is 29.6 Å². The van der Waals surface area contributed by atoms with Gasteiger partial charge in [0.2, 0.25) is 10.0 Å². The molecule has 1 amide bonds. The van der Waals surface area contributed by atoms with Crippen LogP contribution >= 0.6 is 0 Å². The molecule has 0 aliphatic rings. The number of nitrogens with one attached hydrogen (secondary N) is 1. The van der Waals surface area contributed by atoms with Crippen molar-refractivity contribution < 1.29 is 26.4 Å². The lowest BCUT2D eigenvalue weighted by Crippen LogP contribution is -2.29. The molecular formula is C30H24F2N2O4S. The van der Waals surface area contributed by atoms with Crippen molar-refractivity contribution in [1.29, 1.82) is 0 Å². The Morgan fingerprint density at radius 1 is 0.872 bits per heavy atom. The van der Waals surface area contributed by atoms with E-state index in [1.165, 1.54) is 59.9 Å². The highest BCUT2D eigenvalue weighted by molar-refractivity contribution is 7.92. The number of fused-ring (bicyclic) bond motifs is 1. The topological polar surface area (TPSA) is 79.6 Å². The minimum atomic E-state index is -3.83. The Balaban J connectivity index is 1.80. The molecule has 0 spiro atoms. The van der Waals surface area contributed by atoms with Crippen molar-refractivity contribution >= 4 is 32.6 Å². The number of halogens is 2. The number of benzene rings is 4. The molecule has 0 radical (unpaired) electrons. The third kappa shape index (κ3) is 5.26. The fourth-order valence-corrected chi connectivity index (χ4v) is 5.37. The minimum Gasteiger partial charge on any atom is -0.455 e. The number of carbonyl (C=O) groups is 1. The molecule has 1 aromatic heterocycles. The van der Waals surface area contributed by atoms with E-state index in [4.69, 9.17) is 4.42 Å². The van der Waals surface area contributed by atoms with Crippen LogP contribution in [0.25, 0.3) is 33.4 Å². The molecule has 198 valence electrons. The summed E-state index contributed by atoms with van der Waals surface area (Å²) < 4.78 is 60.8. The lowest BCUT2D eigenvalue weighted by molar-refractivity contribution is 0.0964. The van der Waals surface area contributed by atoms with Gasteiger partial charge < -0.3 is 9.73 Å².